The fourth-order valence-electron chi connectivity index (χ4n) is 3.28. The highest BCUT2D eigenvalue weighted by Crippen LogP contribution is 2.25. The zero-order valence-electron chi connectivity index (χ0n) is 16.5. The summed E-state index contributed by atoms with van der Waals surface area (Å²) in [5, 5.41) is 6.56. The maximum absolute atomic E-state index is 13.7. The number of ether oxygens (including phenoxy) is 1. The van der Waals surface area contributed by atoms with Crippen molar-refractivity contribution in [3.8, 4) is 0 Å². The summed E-state index contributed by atoms with van der Waals surface area (Å²) in [5.74, 6) is -1.09. The Morgan fingerprint density at radius 3 is 2.57 bits per heavy atom. The Labute approximate surface area is 182 Å². The van der Waals surface area contributed by atoms with Crippen LogP contribution in [-0.4, -0.2) is 37.7 Å². The van der Waals surface area contributed by atoms with Gasteiger partial charge in [-0.1, -0.05) is 12.1 Å². The number of rotatable bonds is 7. The molecular weight excluding hydrogens is 479 g/mol. The van der Waals surface area contributed by atoms with Gasteiger partial charge in [0.05, 0.1) is 12.5 Å². The van der Waals surface area contributed by atoms with Crippen molar-refractivity contribution in [1.82, 2.24) is 10.6 Å². The highest BCUT2D eigenvalue weighted by molar-refractivity contribution is 14.0. The van der Waals surface area contributed by atoms with Gasteiger partial charge in [-0.15, -0.1) is 24.0 Å². The first-order valence-electron chi connectivity index (χ1n) is 9.69. The minimum absolute atomic E-state index is 0. The van der Waals surface area contributed by atoms with Crippen molar-refractivity contribution >= 4 is 35.9 Å². The van der Waals surface area contributed by atoms with Gasteiger partial charge in [-0.05, 0) is 57.6 Å². The number of guanidine groups is 1. The Kier molecular flexibility index (Phi) is 11.3. The average molecular weight is 509 g/mol. The van der Waals surface area contributed by atoms with E-state index >= 15 is 0 Å². The predicted octanol–water partition coefficient (Wildman–Crippen LogP) is 3.80. The lowest BCUT2D eigenvalue weighted by Gasteiger charge is -2.29. The summed E-state index contributed by atoms with van der Waals surface area (Å²) in [7, 11) is 0. The predicted molar refractivity (Wildman–Crippen MR) is 117 cm³/mol. The zero-order valence-corrected chi connectivity index (χ0v) is 18.8. The van der Waals surface area contributed by atoms with Gasteiger partial charge >= 0.3 is 5.97 Å². The zero-order chi connectivity index (χ0) is 19.6. The largest absolute Gasteiger partial charge is 0.466 e. The average Bonchev–Trinajstić information content (AvgIpc) is 2.66. The molecule has 1 saturated carbocycles. The third-order valence-electron chi connectivity index (χ3n) is 4.71. The monoisotopic (exact) mass is 509 g/mol. The molecule has 0 spiro atoms. The molecule has 0 aliphatic heterocycles. The van der Waals surface area contributed by atoms with Crippen LogP contribution in [0.1, 0.15) is 45.1 Å². The van der Waals surface area contributed by atoms with Gasteiger partial charge in [0, 0.05) is 19.1 Å². The van der Waals surface area contributed by atoms with Gasteiger partial charge in [-0.25, -0.2) is 8.78 Å². The van der Waals surface area contributed by atoms with Crippen molar-refractivity contribution in [2.45, 2.75) is 52.0 Å². The fraction of sp³-hybridized carbons (Fsp3) is 0.600. The first-order valence-corrected chi connectivity index (χ1v) is 9.69. The lowest BCUT2D eigenvalue weighted by atomic mass is 9.86. The Balaban J connectivity index is 0.00000392. The number of hydrogen-bond acceptors (Lipinski definition) is 3. The van der Waals surface area contributed by atoms with Gasteiger partial charge in [0.1, 0.15) is 0 Å². The van der Waals surface area contributed by atoms with Crippen LogP contribution >= 0.6 is 24.0 Å². The van der Waals surface area contributed by atoms with E-state index in [2.05, 4.69) is 15.6 Å². The van der Waals surface area contributed by atoms with Crippen LogP contribution in [0.25, 0.3) is 0 Å². The van der Waals surface area contributed by atoms with Gasteiger partial charge < -0.3 is 15.4 Å². The SMILES string of the molecule is CCNC(=NCCc1cccc(F)c1F)NC1CCC(C(=O)OCC)CC1.I. The van der Waals surface area contributed by atoms with Crippen molar-refractivity contribution in [3.63, 3.8) is 0 Å². The molecule has 0 aromatic heterocycles. The number of nitrogens with zero attached hydrogens (tertiary/aromatic N) is 1. The van der Waals surface area contributed by atoms with Gasteiger partial charge in [0.2, 0.25) is 0 Å². The van der Waals surface area contributed by atoms with E-state index in [1.54, 1.807) is 6.07 Å². The van der Waals surface area contributed by atoms with Crippen LogP contribution in [0.5, 0.6) is 0 Å². The van der Waals surface area contributed by atoms with E-state index in [1.165, 1.54) is 6.07 Å². The molecule has 2 rings (SSSR count). The molecule has 0 saturated heterocycles. The normalized spacial score (nSPS) is 19.5. The van der Waals surface area contributed by atoms with Crippen molar-refractivity contribution in [2.24, 2.45) is 10.9 Å². The highest BCUT2D eigenvalue weighted by Gasteiger charge is 2.27. The van der Waals surface area contributed by atoms with Crippen LogP contribution in [-0.2, 0) is 16.0 Å². The number of aliphatic imine (C=N–C) groups is 1. The molecule has 28 heavy (non-hydrogen) atoms. The van der Waals surface area contributed by atoms with E-state index in [0.717, 1.165) is 31.7 Å². The molecule has 1 fully saturated rings. The van der Waals surface area contributed by atoms with Crippen molar-refractivity contribution in [2.75, 3.05) is 19.7 Å². The standard InChI is InChI=1S/C20H29F2N3O2.HI/c1-3-23-20(24-13-12-14-6-5-7-17(21)18(14)22)25-16-10-8-15(9-11-16)19(26)27-4-2;/h5-7,15-16H,3-4,8-13H2,1-2H3,(H2,23,24,25);1H. The van der Waals surface area contributed by atoms with Gasteiger partial charge in [0.25, 0.3) is 0 Å². The molecule has 8 heteroatoms. The van der Waals surface area contributed by atoms with E-state index in [0.29, 0.717) is 37.6 Å². The molecule has 1 aliphatic carbocycles. The molecule has 0 amide bonds. The minimum atomic E-state index is -0.833. The molecule has 0 unspecified atom stereocenters. The maximum Gasteiger partial charge on any atom is 0.308 e. The Bertz CT molecular complexity index is 650. The summed E-state index contributed by atoms with van der Waals surface area (Å²) in [6.07, 6.45) is 3.66. The quantitative estimate of drug-likeness (QED) is 0.254. The molecule has 0 heterocycles. The molecule has 2 N–H and O–H groups in total. The minimum Gasteiger partial charge on any atom is -0.466 e. The van der Waals surface area contributed by atoms with Crippen molar-refractivity contribution < 1.29 is 18.3 Å². The van der Waals surface area contributed by atoms with Crippen LogP contribution in [0.2, 0.25) is 0 Å². The number of carbonyl (C=O) groups excluding carboxylic acids is 1. The smallest absolute Gasteiger partial charge is 0.308 e. The lowest BCUT2D eigenvalue weighted by molar-refractivity contribution is -0.149. The van der Waals surface area contributed by atoms with Crippen LogP contribution in [0.15, 0.2) is 23.2 Å². The van der Waals surface area contributed by atoms with Gasteiger partial charge in [-0.2, -0.15) is 0 Å². The molecule has 0 atom stereocenters. The van der Waals surface area contributed by atoms with Crippen LogP contribution < -0.4 is 10.6 Å². The molecule has 158 valence electrons. The number of carbonyl (C=O) groups is 1. The second-order valence-corrected chi connectivity index (χ2v) is 6.67. The summed E-state index contributed by atoms with van der Waals surface area (Å²) in [6.45, 7) is 5.27. The molecule has 0 bridgehead atoms. The Hall–Kier alpha value is -1.45. The van der Waals surface area contributed by atoms with Crippen molar-refractivity contribution in [3.05, 3.63) is 35.4 Å². The number of benzene rings is 1. The summed E-state index contributed by atoms with van der Waals surface area (Å²) >= 11 is 0. The highest BCUT2D eigenvalue weighted by atomic mass is 127. The van der Waals surface area contributed by atoms with E-state index in [-0.39, 0.29) is 41.9 Å². The summed E-state index contributed by atoms with van der Waals surface area (Å²) < 4.78 is 32.1. The Morgan fingerprint density at radius 2 is 1.93 bits per heavy atom. The van der Waals surface area contributed by atoms with Gasteiger partial charge in [0.15, 0.2) is 17.6 Å². The van der Waals surface area contributed by atoms with E-state index in [1.807, 2.05) is 13.8 Å². The maximum atomic E-state index is 13.7. The molecular formula is C20H30F2IN3O2. The van der Waals surface area contributed by atoms with E-state index in [9.17, 15) is 13.6 Å². The third-order valence-corrected chi connectivity index (χ3v) is 4.71. The summed E-state index contributed by atoms with van der Waals surface area (Å²) in [5.41, 5.74) is 0.324. The Morgan fingerprint density at radius 1 is 1.21 bits per heavy atom. The molecule has 1 aromatic carbocycles. The molecule has 0 radical (unpaired) electrons. The number of hydrogen-bond donors (Lipinski definition) is 2. The van der Waals surface area contributed by atoms with Crippen LogP contribution in [0.4, 0.5) is 8.78 Å². The van der Waals surface area contributed by atoms with Crippen LogP contribution in [0, 0.1) is 17.6 Å². The molecule has 1 aliphatic rings. The van der Waals surface area contributed by atoms with Crippen LogP contribution in [0.3, 0.4) is 0 Å². The number of nitrogens with one attached hydrogen (secondary N) is 2. The number of esters is 1. The summed E-state index contributed by atoms with van der Waals surface area (Å²) in [6, 6.07) is 4.42. The van der Waals surface area contributed by atoms with E-state index in [4.69, 9.17) is 4.74 Å². The topological polar surface area (TPSA) is 62.7 Å². The van der Waals surface area contributed by atoms with E-state index < -0.39 is 11.6 Å². The first-order chi connectivity index (χ1) is 13.0. The third kappa shape index (κ3) is 7.52. The molecule has 5 nitrogen and oxygen atoms in total. The van der Waals surface area contributed by atoms with Gasteiger partial charge in [-0.3, -0.25) is 9.79 Å². The lowest BCUT2D eigenvalue weighted by Crippen LogP contribution is -2.45. The second kappa shape index (κ2) is 12.9. The molecule has 1 aromatic rings. The second-order valence-electron chi connectivity index (χ2n) is 6.67. The fourth-order valence-corrected chi connectivity index (χ4v) is 3.28. The number of halogens is 3. The first kappa shape index (κ1) is 24.6. The summed E-state index contributed by atoms with van der Waals surface area (Å²) in [4.78, 5) is 16.3. The van der Waals surface area contributed by atoms with Crippen molar-refractivity contribution in [1.29, 1.82) is 0 Å².